The van der Waals surface area contributed by atoms with Crippen molar-refractivity contribution in [2.45, 2.75) is 45.6 Å². The average Bonchev–Trinajstić information content (AvgIpc) is 2.71. The smallest absolute Gasteiger partial charge is 0.219 e. The molecule has 1 amide bonds. The molecule has 11 heavy (non-hydrogen) atoms. The third kappa shape index (κ3) is 3.40. The Hall–Kier alpha value is -0.530. The van der Waals surface area contributed by atoms with Gasteiger partial charge in [-0.3, -0.25) is 4.79 Å². The second-order valence-electron chi connectivity index (χ2n) is 3.50. The summed E-state index contributed by atoms with van der Waals surface area (Å²) >= 11 is 0. The molecule has 0 saturated heterocycles. The maximum atomic E-state index is 10.9. The van der Waals surface area contributed by atoms with E-state index >= 15 is 0 Å². The molecule has 1 fully saturated rings. The molecular weight excluding hydrogens is 138 g/mol. The van der Waals surface area contributed by atoms with Gasteiger partial charge >= 0.3 is 0 Å². The lowest BCUT2D eigenvalue weighted by Crippen LogP contribution is -2.32. The quantitative estimate of drug-likeness (QED) is 0.657. The van der Waals surface area contributed by atoms with Crippen LogP contribution in [0.15, 0.2) is 0 Å². The van der Waals surface area contributed by atoms with Crippen LogP contribution in [0.25, 0.3) is 0 Å². The van der Waals surface area contributed by atoms with Gasteiger partial charge in [-0.25, -0.2) is 0 Å². The highest BCUT2D eigenvalue weighted by Gasteiger charge is 2.23. The Bertz CT molecular complexity index is 140. The third-order valence-electron chi connectivity index (χ3n) is 2.11. The highest BCUT2D eigenvalue weighted by atomic mass is 16.1. The molecule has 0 bridgehead atoms. The summed E-state index contributed by atoms with van der Waals surface area (Å²) in [4.78, 5) is 10.9. The van der Waals surface area contributed by atoms with Crippen molar-refractivity contribution in [3.63, 3.8) is 0 Å². The minimum atomic E-state index is 0.179. The molecule has 0 aliphatic heterocycles. The van der Waals surface area contributed by atoms with E-state index in [4.69, 9.17) is 0 Å². The van der Waals surface area contributed by atoms with Crippen LogP contribution >= 0.6 is 0 Å². The lowest BCUT2D eigenvalue weighted by Gasteiger charge is -2.11. The van der Waals surface area contributed by atoms with Crippen molar-refractivity contribution in [2.75, 3.05) is 0 Å². The Morgan fingerprint density at radius 2 is 2.27 bits per heavy atom. The van der Waals surface area contributed by atoms with Crippen LogP contribution in [0.3, 0.4) is 0 Å². The van der Waals surface area contributed by atoms with Crippen molar-refractivity contribution in [3.05, 3.63) is 0 Å². The summed E-state index contributed by atoms with van der Waals surface area (Å²) in [5.74, 6) is 1.08. The van der Waals surface area contributed by atoms with Crippen molar-refractivity contribution in [1.29, 1.82) is 0 Å². The molecule has 0 heterocycles. The first-order valence-corrected chi connectivity index (χ1v) is 4.51. The van der Waals surface area contributed by atoms with Crippen LogP contribution in [-0.4, -0.2) is 11.9 Å². The van der Waals surface area contributed by atoms with E-state index < -0.39 is 0 Å². The van der Waals surface area contributed by atoms with Gasteiger partial charge in [0.25, 0.3) is 0 Å². The normalized spacial score (nSPS) is 19.5. The fraction of sp³-hybridized carbons (Fsp3) is 0.889. The maximum absolute atomic E-state index is 10.9. The average molecular weight is 155 g/mol. The van der Waals surface area contributed by atoms with Crippen molar-refractivity contribution < 1.29 is 4.79 Å². The first kappa shape index (κ1) is 8.57. The lowest BCUT2D eigenvalue weighted by atomic mass is 10.1. The Kier molecular flexibility index (Phi) is 2.92. The monoisotopic (exact) mass is 155 g/mol. The molecule has 2 nitrogen and oxygen atoms in total. The number of hydrogen-bond acceptors (Lipinski definition) is 1. The largest absolute Gasteiger partial charge is 0.354 e. The van der Waals surface area contributed by atoms with E-state index in [1.807, 2.05) is 6.92 Å². The molecule has 1 N–H and O–H groups in total. The molecule has 0 radical (unpaired) electrons. The molecule has 1 rings (SSSR count). The van der Waals surface area contributed by atoms with Crippen molar-refractivity contribution >= 4 is 5.91 Å². The first-order chi connectivity index (χ1) is 5.22. The minimum absolute atomic E-state index is 0.179. The van der Waals surface area contributed by atoms with E-state index in [0.717, 1.165) is 5.92 Å². The van der Waals surface area contributed by atoms with Crippen LogP contribution < -0.4 is 5.32 Å². The molecule has 0 spiro atoms. The summed E-state index contributed by atoms with van der Waals surface area (Å²) < 4.78 is 0. The number of amides is 1. The van der Waals surface area contributed by atoms with Crippen LogP contribution in [0.2, 0.25) is 0 Å². The fourth-order valence-corrected chi connectivity index (χ4v) is 1.29. The highest BCUT2D eigenvalue weighted by molar-refractivity contribution is 5.75. The van der Waals surface area contributed by atoms with Crippen LogP contribution in [0, 0.1) is 5.92 Å². The Morgan fingerprint density at radius 1 is 1.64 bits per heavy atom. The maximum Gasteiger partial charge on any atom is 0.219 e. The molecule has 0 aromatic rings. The zero-order valence-corrected chi connectivity index (χ0v) is 7.39. The molecule has 1 unspecified atom stereocenters. The molecule has 0 aromatic heterocycles. The Balaban J connectivity index is 2.08. The molecule has 1 atom stereocenters. The summed E-state index contributed by atoms with van der Waals surface area (Å²) in [6.07, 6.45) is 4.51. The van der Waals surface area contributed by atoms with Gasteiger partial charge in [0, 0.05) is 12.5 Å². The zero-order valence-electron chi connectivity index (χ0n) is 7.39. The van der Waals surface area contributed by atoms with Crippen molar-refractivity contribution in [1.82, 2.24) is 5.32 Å². The van der Waals surface area contributed by atoms with E-state index in [-0.39, 0.29) is 5.91 Å². The number of carbonyl (C=O) groups excluding carboxylic acids is 1. The minimum Gasteiger partial charge on any atom is -0.354 e. The van der Waals surface area contributed by atoms with Crippen LogP contribution in [0.4, 0.5) is 0 Å². The first-order valence-electron chi connectivity index (χ1n) is 4.51. The zero-order chi connectivity index (χ0) is 8.27. The highest BCUT2D eigenvalue weighted by Crippen LogP contribution is 2.33. The molecule has 2 heteroatoms. The number of hydrogen-bond donors (Lipinski definition) is 1. The van der Waals surface area contributed by atoms with Gasteiger partial charge in [0.15, 0.2) is 0 Å². The second-order valence-corrected chi connectivity index (χ2v) is 3.50. The molecule has 1 aliphatic rings. The second kappa shape index (κ2) is 3.74. The molecule has 1 aliphatic carbocycles. The van der Waals surface area contributed by atoms with Gasteiger partial charge in [-0.2, -0.15) is 0 Å². The lowest BCUT2D eigenvalue weighted by molar-refractivity contribution is -0.121. The topological polar surface area (TPSA) is 29.1 Å². The SMILES string of the molecule is CCC(=O)NC(C)CC1CC1. The summed E-state index contributed by atoms with van der Waals surface area (Å²) in [6, 6.07) is 0.384. The number of nitrogens with one attached hydrogen (secondary N) is 1. The van der Waals surface area contributed by atoms with Crippen LogP contribution in [0.5, 0.6) is 0 Å². The number of carbonyl (C=O) groups is 1. The van der Waals surface area contributed by atoms with Crippen LogP contribution in [-0.2, 0) is 4.79 Å². The third-order valence-corrected chi connectivity index (χ3v) is 2.11. The van der Waals surface area contributed by atoms with Gasteiger partial charge in [0.2, 0.25) is 5.91 Å². The fourth-order valence-electron chi connectivity index (χ4n) is 1.29. The van der Waals surface area contributed by atoms with Crippen LogP contribution in [0.1, 0.15) is 39.5 Å². The molecule has 0 aromatic carbocycles. The molecular formula is C9H17NO. The predicted molar refractivity (Wildman–Crippen MR) is 45.2 cm³/mol. The summed E-state index contributed by atoms with van der Waals surface area (Å²) in [5, 5.41) is 2.96. The summed E-state index contributed by atoms with van der Waals surface area (Å²) in [5.41, 5.74) is 0. The van der Waals surface area contributed by atoms with Gasteiger partial charge in [-0.05, 0) is 19.3 Å². The van der Waals surface area contributed by atoms with Gasteiger partial charge in [0.05, 0.1) is 0 Å². The van der Waals surface area contributed by atoms with E-state index in [1.165, 1.54) is 19.3 Å². The standard InChI is InChI=1S/C9H17NO/c1-3-9(11)10-7(2)6-8-4-5-8/h7-8H,3-6H2,1-2H3,(H,10,11). The summed E-state index contributed by atoms with van der Waals surface area (Å²) in [6.45, 7) is 3.98. The molecule has 1 saturated carbocycles. The van der Waals surface area contributed by atoms with E-state index in [0.29, 0.717) is 12.5 Å². The Labute approximate surface area is 68.4 Å². The molecule has 64 valence electrons. The Morgan fingerprint density at radius 3 is 2.73 bits per heavy atom. The van der Waals surface area contributed by atoms with Gasteiger partial charge in [0.1, 0.15) is 0 Å². The van der Waals surface area contributed by atoms with Gasteiger partial charge < -0.3 is 5.32 Å². The van der Waals surface area contributed by atoms with Crippen molar-refractivity contribution in [3.8, 4) is 0 Å². The number of rotatable bonds is 4. The van der Waals surface area contributed by atoms with E-state index in [2.05, 4.69) is 12.2 Å². The van der Waals surface area contributed by atoms with E-state index in [1.54, 1.807) is 0 Å². The van der Waals surface area contributed by atoms with E-state index in [9.17, 15) is 4.79 Å². The summed E-state index contributed by atoms with van der Waals surface area (Å²) in [7, 11) is 0. The van der Waals surface area contributed by atoms with Gasteiger partial charge in [-0.1, -0.05) is 19.8 Å². The van der Waals surface area contributed by atoms with Gasteiger partial charge in [-0.15, -0.1) is 0 Å². The van der Waals surface area contributed by atoms with Crippen molar-refractivity contribution in [2.24, 2.45) is 5.92 Å². The predicted octanol–water partition coefficient (Wildman–Crippen LogP) is 1.70.